The van der Waals surface area contributed by atoms with Gasteiger partial charge in [-0.15, -0.1) is 0 Å². The summed E-state index contributed by atoms with van der Waals surface area (Å²) in [5.41, 5.74) is 0.761. The lowest BCUT2D eigenvalue weighted by Gasteiger charge is -2.12. The van der Waals surface area contributed by atoms with Gasteiger partial charge in [0.25, 0.3) is 5.69 Å². The van der Waals surface area contributed by atoms with E-state index in [1.54, 1.807) is 6.07 Å². The van der Waals surface area contributed by atoms with Crippen LogP contribution in [-0.4, -0.2) is 43.6 Å². The molecule has 1 aromatic carbocycles. The number of nitrogens with one attached hydrogen (secondary N) is 1. The number of nitro groups is 1. The monoisotopic (exact) mass is 267 g/mol. The van der Waals surface area contributed by atoms with Crippen LogP contribution in [0.5, 0.6) is 5.75 Å². The molecule has 0 heterocycles. The van der Waals surface area contributed by atoms with Gasteiger partial charge in [0.15, 0.2) is 0 Å². The molecule has 0 saturated carbocycles. The van der Waals surface area contributed by atoms with E-state index in [1.807, 2.05) is 25.9 Å². The van der Waals surface area contributed by atoms with Crippen LogP contribution in [-0.2, 0) is 0 Å². The number of nitro benzene ring substituents is 1. The van der Waals surface area contributed by atoms with Crippen molar-refractivity contribution in [2.75, 3.05) is 39.1 Å². The Morgan fingerprint density at radius 3 is 2.68 bits per heavy atom. The predicted octanol–water partition coefficient (Wildman–Crippen LogP) is 2.36. The summed E-state index contributed by atoms with van der Waals surface area (Å²) >= 11 is 0. The molecule has 1 rings (SSSR count). The van der Waals surface area contributed by atoms with Gasteiger partial charge in [-0.3, -0.25) is 10.1 Å². The fourth-order valence-corrected chi connectivity index (χ4v) is 1.49. The SMILES string of the molecule is CCCNc1cc(OCCN(C)C)cc([N+](=O)[O-])c1. The second kappa shape index (κ2) is 7.58. The smallest absolute Gasteiger partial charge is 0.275 e. The summed E-state index contributed by atoms with van der Waals surface area (Å²) in [6.07, 6.45) is 0.958. The minimum absolute atomic E-state index is 0.0426. The summed E-state index contributed by atoms with van der Waals surface area (Å²) in [6, 6.07) is 4.76. The third-order valence-electron chi connectivity index (χ3n) is 2.49. The van der Waals surface area contributed by atoms with Crippen molar-refractivity contribution in [3.63, 3.8) is 0 Å². The number of hydrogen-bond donors (Lipinski definition) is 1. The van der Waals surface area contributed by atoms with Gasteiger partial charge in [-0.25, -0.2) is 0 Å². The molecule has 1 aromatic rings. The van der Waals surface area contributed by atoms with Crippen LogP contribution in [0.25, 0.3) is 0 Å². The number of anilines is 1. The topological polar surface area (TPSA) is 67.6 Å². The van der Waals surface area contributed by atoms with Gasteiger partial charge in [0.2, 0.25) is 0 Å². The number of likely N-dealkylation sites (N-methyl/N-ethyl adjacent to an activating group) is 1. The van der Waals surface area contributed by atoms with E-state index in [1.165, 1.54) is 12.1 Å². The van der Waals surface area contributed by atoms with Crippen molar-refractivity contribution >= 4 is 11.4 Å². The molecule has 0 unspecified atom stereocenters. The van der Waals surface area contributed by atoms with Crippen molar-refractivity contribution in [2.24, 2.45) is 0 Å². The summed E-state index contributed by atoms with van der Waals surface area (Å²) in [4.78, 5) is 12.5. The van der Waals surface area contributed by atoms with Gasteiger partial charge in [-0.2, -0.15) is 0 Å². The highest BCUT2D eigenvalue weighted by Crippen LogP contribution is 2.26. The maximum atomic E-state index is 10.9. The molecular weight excluding hydrogens is 246 g/mol. The Morgan fingerprint density at radius 2 is 2.11 bits per heavy atom. The zero-order valence-electron chi connectivity index (χ0n) is 11.7. The lowest BCUT2D eigenvalue weighted by atomic mass is 10.2. The fourth-order valence-electron chi connectivity index (χ4n) is 1.49. The standard InChI is InChI=1S/C13H21N3O3/c1-4-5-14-11-8-12(16(17)18)10-13(9-11)19-7-6-15(2)3/h8-10,14H,4-7H2,1-3H3. The number of hydrogen-bond acceptors (Lipinski definition) is 5. The molecule has 6 nitrogen and oxygen atoms in total. The van der Waals surface area contributed by atoms with Gasteiger partial charge in [0.1, 0.15) is 12.4 Å². The highest BCUT2D eigenvalue weighted by molar-refractivity contribution is 5.56. The van der Waals surface area contributed by atoms with Crippen LogP contribution in [0.1, 0.15) is 13.3 Å². The summed E-state index contributed by atoms with van der Waals surface area (Å²) in [7, 11) is 3.90. The number of non-ortho nitro benzene ring substituents is 1. The van der Waals surface area contributed by atoms with Crippen molar-refractivity contribution < 1.29 is 9.66 Å². The molecule has 0 amide bonds. The molecule has 19 heavy (non-hydrogen) atoms. The first-order chi connectivity index (χ1) is 9.02. The first-order valence-corrected chi connectivity index (χ1v) is 6.33. The average molecular weight is 267 g/mol. The lowest BCUT2D eigenvalue weighted by Crippen LogP contribution is -2.19. The molecule has 0 aliphatic rings. The second-order valence-corrected chi connectivity index (χ2v) is 4.55. The maximum Gasteiger partial charge on any atom is 0.275 e. The van der Waals surface area contributed by atoms with E-state index in [9.17, 15) is 10.1 Å². The Hall–Kier alpha value is -1.82. The zero-order valence-corrected chi connectivity index (χ0v) is 11.7. The van der Waals surface area contributed by atoms with Crippen LogP contribution in [0.15, 0.2) is 18.2 Å². The van der Waals surface area contributed by atoms with Crippen LogP contribution in [0.3, 0.4) is 0 Å². The van der Waals surface area contributed by atoms with E-state index in [4.69, 9.17) is 4.74 Å². The van der Waals surface area contributed by atoms with E-state index in [2.05, 4.69) is 5.32 Å². The van der Waals surface area contributed by atoms with Crippen molar-refractivity contribution in [3.8, 4) is 5.75 Å². The molecule has 106 valence electrons. The molecule has 0 aliphatic carbocycles. The second-order valence-electron chi connectivity index (χ2n) is 4.55. The zero-order chi connectivity index (χ0) is 14.3. The molecule has 6 heteroatoms. The van der Waals surface area contributed by atoms with Gasteiger partial charge in [-0.1, -0.05) is 6.92 Å². The molecule has 0 radical (unpaired) electrons. The number of ether oxygens (including phenoxy) is 1. The third-order valence-corrected chi connectivity index (χ3v) is 2.49. The molecule has 0 aliphatic heterocycles. The molecule has 0 bridgehead atoms. The number of rotatable bonds is 8. The molecule has 1 N–H and O–H groups in total. The summed E-state index contributed by atoms with van der Waals surface area (Å²) in [6.45, 7) is 4.08. The molecule has 0 atom stereocenters. The highest BCUT2D eigenvalue weighted by Gasteiger charge is 2.10. The van der Waals surface area contributed by atoms with Crippen molar-refractivity contribution in [1.29, 1.82) is 0 Å². The Kier molecular flexibility index (Phi) is 6.08. The van der Waals surface area contributed by atoms with Crippen LogP contribution < -0.4 is 10.1 Å². The van der Waals surface area contributed by atoms with Gasteiger partial charge in [0, 0.05) is 30.9 Å². The van der Waals surface area contributed by atoms with Gasteiger partial charge >= 0.3 is 0 Å². The highest BCUT2D eigenvalue weighted by atomic mass is 16.6. The number of benzene rings is 1. The molecular formula is C13H21N3O3. The van der Waals surface area contributed by atoms with E-state index < -0.39 is 4.92 Å². The summed E-state index contributed by atoms with van der Waals surface area (Å²) in [5.74, 6) is 0.523. The van der Waals surface area contributed by atoms with Gasteiger partial charge < -0.3 is 15.0 Å². The summed E-state index contributed by atoms with van der Waals surface area (Å²) < 4.78 is 5.54. The van der Waals surface area contributed by atoms with Crippen molar-refractivity contribution in [2.45, 2.75) is 13.3 Å². The Labute approximate surface area is 113 Å². The summed E-state index contributed by atoms with van der Waals surface area (Å²) in [5, 5.41) is 14.0. The van der Waals surface area contributed by atoms with Crippen LogP contribution in [0.4, 0.5) is 11.4 Å². The van der Waals surface area contributed by atoms with Crippen molar-refractivity contribution in [1.82, 2.24) is 4.90 Å². The van der Waals surface area contributed by atoms with E-state index in [-0.39, 0.29) is 5.69 Å². The minimum atomic E-state index is -0.407. The van der Waals surface area contributed by atoms with Crippen molar-refractivity contribution in [3.05, 3.63) is 28.3 Å². The van der Waals surface area contributed by atoms with Crippen LogP contribution >= 0.6 is 0 Å². The Balaban J connectivity index is 2.77. The first kappa shape index (κ1) is 15.2. The largest absolute Gasteiger partial charge is 0.492 e. The molecule has 0 saturated heterocycles. The lowest BCUT2D eigenvalue weighted by molar-refractivity contribution is -0.384. The average Bonchev–Trinajstić information content (AvgIpc) is 2.35. The van der Waals surface area contributed by atoms with Gasteiger partial charge in [0.05, 0.1) is 11.0 Å². The molecule has 0 aromatic heterocycles. The quantitative estimate of drug-likeness (QED) is 0.578. The molecule has 0 fully saturated rings. The van der Waals surface area contributed by atoms with E-state index in [0.717, 1.165) is 25.2 Å². The normalized spacial score (nSPS) is 10.5. The van der Waals surface area contributed by atoms with Crippen LogP contribution in [0.2, 0.25) is 0 Å². The van der Waals surface area contributed by atoms with E-state index >= 15 is 0 Å². The number of nitrogens with zero attached hydrogens (tertiary/aromatic N) is 2. The molecule has 0 spiro atoms. The fraction of sp³-hybridized carbons (Fsp3) is 0.538. The minimum Gasteiger partial charge on any atom is -0.492 e. The predicted molar refractivity (Wildman–Crippen MR) is 75.9 cm³/mol. The first-order valence-electron chi connectivity index (χ1n) is 6.33. The van der Waals surface area contributed by atoms with Gasteiger partial charge in [-0.05, 0) is 20.5 Å². The third kappa shape index (κ3) is 5.56. The Morgan fingerprint density at radius 1 is 1.37 bits per heavy atom. The Bertz CT molecular complexity index is 422. The van der Waals surface area contributed by atoms with Crippen LogP contribution in [0, 0.1) is 10.1 Å². The maximum absolute atomic E-state index is 10.9. The van der Waals surface area contributed by atoms with E-state index in [0.29, 0.717) is 12.4 Å².